The maximum absolute atomic E-state index is 13.5. The van der Waals surface area contributed by atoms with E-state index in [2.05, 4.69) is 0 Å². The van der Waals surface area contributed by atoms with Crippen LogP contribution in [0, 0.1) is 11.3 Å². The maximum Gasteiger partial charge on any atom is 0.312 e. The Bertz CT molecular complexity index is 583. The highest BCUT2D eigenvalue weighted by Gasteiger charge is 2.59. The van der Waals surface area contributed by atoms with Gasteiger partial charge in [-0.15, -0.1) is 0 Å². The lowest BCUT2D eigenvalue weighted by molar-refractivity contribution is -0.172. The lowest BCUT2D eigenvalue weighted by atomic mass is 9.59. The fourth-order valence-corrected chi connectivity index (χ4v) is 3.77. The third kappa shape index (κ3) is 2.96. The highest BCUT2D eigenvalue weighted by molar-refractivity contribution is 5.83. The average Bonchev–Trinajstić information content (AvgIpc) is 2.86. The van der Waals surface area contributed by atoms with Crippen molar-refractivity contribution in [2.24, 2.45) is 11.3 Å². The van der Waals surface area contributed by atoms with Gasteiger partial charge in [0.25, 0.3) is 0 Å². The number of ether oxygens (including phenoxy) is 1. The second-order valence-electron chi connectivity index (χ2n) is 6.54. The molecule has 1 atom stereocenters. The SMILES string of the molecule is CCOC(=O)C1(C2CC(=O)N(Cc3ccccc3)C2)CC(F)C1. The molecule has 3 rings (SSSR count). The van der Waals surface area contributed by atoms with E-state index < -0.39 is 11.6 Å². The Kier molecular flexibility index (Phi) is 4.37. The van der Waals surface area contributed by atoms with Crippen molar-refractivity contribution in [1.82, 2.24) is 4.90 Å². The van der Waals surface area contributed by atoms with Crippen molar-refractivity contribution in [1.29, 1.82) is 0 Å². The summed E-state index contributed by atoms with van der Waals surface area (Å²) in [4.78, 5) is 26.4. The van der Waals surface area contributed by atoms with E-state index >= 15 is 0 Å². The third-order valence-corrected chi connectivity index (χ3v) is 5.07. The molecular weight excluding hydrogens is 297 g/mol. The fourth-order valence-electron chi connectivity index (χ4n) is 3.77. The number of carbonyl (C=O) groups is 2. The quantitative estimate of drug-likeness (QED) is 0.784. The monoisotopic (exact) mass is 319 g/mol. The molecule has 2 fully saturated rings. The number of hydrogen-bond acceptors (Lipinski definition) is 3. The van der Waals surface area contributed by atoms with Gasteiger partial charge in [-0.2, -0.15) is 0 Å². The van der Waals surface area contributed by atoms with Gasteiger partial charge in [0, 0.05) is 25.4 Å². The summed E-state index contributed by atoms with van der Waals surface area (Å²) < 4.78 is 18.7. The number of esters is 1. The summed E-state index contributed by atoms with van der Waals surface area (Å²) in [5.41, 5.74) is 0.250. The van der Waals surface area contributed by atoms with E-state index in [0.717, 1.165) is 5.56 Å². The predicted molar refractivity (Wildman–Crippen MR) is 83.2 cm³/mol. The summed E-state index contributed by atoms with van der Waals surface area (Å²) in [7, 11) is 0. The Labute approximate surface area is 135 Å². The van der Waals surface area contributed by atoms with Crippen LogP contribution in [0.4, 0.5) is 4.39 Å². The van der Waals surface area contributed by atoms with Crippen LogP contribution in [-0.2, 0) is 20.9 Å². The second kappa shape index (κ2) is 6.30. The van der Waals surface area contributed by atoms with Crippen LogP contribution in [0.25, 0.3) is 0 Å². The zero-order chi connectivity index (χ0) is 16.4. The molecule has 0 aromatic heterocycles. The first-order valence-corrected chi connectivity index (χ1v) is 8.18. The molecule has 124 valence electrons. The number of rotatable bonds is 5. The van der Waals surface area contributed by atoms with E-state index in [4.69, 9.17) is 4.74 Å². The smallest absolute Gasteiger partial charge is 0.312 e. The zero-order valence-electron chi connectivity index (χ0n) is 13.3. The van der Waals surface area contributed by atoms with Gasteiger partial charge in [-0.3, -0.25) is 9.59 Å². The second-order valence-corrected chi connectivity index (χ2v) is 6.54. The topological polar surface area (TPSA) is 46.6 Å². The molecule has 0 bridgehead atoms. The van der Waals surface area contributed by atoms with Gasteiger partial charge in [0.15, 0.2) is 0 Å². The van der Waals surface area contributed by atoms with Crippen molar-refractivity contribution in [2.75, 3.05) is 13.2 Å². The Morgan fingerprint density at radius 3 is 2.65 bits per heavy atom. The van der Waals surface area contributed by atoms with E-state index in [-0.39, 0.29) is 37.2 Å². The molecule has 1 aliphatic heterocycles. The van der Waals surface area contributed by atoms with Crippen LogP contribution in [0.15, 0.2) is 30.3 Å². The molecule has 2 aliphatic rings. The predicted octanol–water partition coefficient (Wildman–Crippen LogP) is 2.72. The van der Waals surface area contributed by atoms with Gasteiger partial charge in [0.1, 0.15) is 6.17 Å². The highest BCUT2D eigenvalue weighted by atomic mass is 19.1. The molecule has 0 radical (unpaired) electrons. The molecule has 1 saturated carbocycles. The molecule has 0 N–H and O–H groups in total. The summed E-state index contributed by atoms with van der Waals surface area (Å²) in [5, 5.41) is 0. The van der Waals surface area contributed by atoms with Crippen LogP contribution in [0.3, 0.4) is 0 Å². The number of nitrogens with zero attached hydrogens (tertiary/aromatic N) is 1. The minimum Gasteiger partial charge on any atom is -0.466 e. The van der Waals surface area contributed by atoms with E-state index in [9.17, 15) is 14.0 Å². The molecule has 1 aliphatic carbocycles. The molecule has 1 amide bonds. The average molecular weight is 319 g/mol. The Morgan fingerprint density at radius 1 is 1.35 bits per heavy atom. The molecule has 1 saturated heterocycles. The van der Waals surface area contributed by atoms with Crippen molar-refractivity contribution in [2.45, 2.75) is 38.9 Å². The highest BCUT2D eigenvalue weighted by Crippen LogP contribution is 2.52. The molecule has 4 nitrogen and oxygen atoms in total. The fraction of sp³-hybridized carbons (Fsp3) is 0.556. The van der Waals surface area contributed by atoms with Crippen molar-refractivity contribution >= 4 is 11.9 Å². The number of carbonyl (C=O) groups excluding carboxylic acids is 2. The molecule has 5 heteroatoms. The van der Waals surface area contributed by atoms with Gasteiger partial charge in [0.2, 0.25) is 5.91 Å². The Hall–Kier alpha value is -1.91. The molecule has 1 aromatic rings. The normalized spacial score (nSPS) is 30.2. The van der Waals surface area contributed by atoms with Crippen LogP contribution in [0.1, 0.15) is 31.7 Å². The van der Waals surface area contributed by atoms with Crippen molar-refractivity contribution < 1.29 is 18.7 Å². The van der Waals surface area contributed by atoms with Crippen LogP contribution >= 0.6 is 0 Å². The Balaban J connectivity index is 1.71. The lowest BCUT2D eigenvalue weighted by Gasteiger charge is -2.45. The minimum absolute atomic E-state index is 0.0323. The minimum atomic E-state index is -0.960. The van der Waals surface area contributed by atoms with E-state index in [1.807, 2.05) is 30.3 Å². The van der Waals surface area contributed by atoms with E-state index in [1.165, 1.54) is 0 Å². The Morgan fingerprint density at radius 2 is 2.04 bits per heavy atom. The van der Waals surface area contributed by atoms with Gasteiger partial charge in [-0.05, 0) is 25.3 Å². The van der Waals surface area contributed by atoms with Gasteiger partial charge < -0.3 is 9.64 Å². The number of alkyl halides is 1. The molecule has 1 unspecified atom stereocenters. The van der Waals surface area contributed by atoms with Crippen LogP contribution in [0.2, 0.25) is 0 Å². The molecule has 1 heterocycles. The van der Waals surface area contributed by atoms with Gasteiger partial charge >= 0.3 is 5.97 Å². The summed E-state index contributed by atoms with van der Waals surface area (Å²) in [6.07, 6.45) is -0.290. The maximum atomic E-state index is 13.5. The zero-order valence-corrected chi connectivity index (χ0v) is 13.3. The largest absolute Gasteiger partial charge is 0.466 e. The first kappa shape index (κ1) is 16.0. The van der Waals surface area contributed by atoms with Crippen molar-refractivity contribution in [3.8, 4) is 0 Å². The number of halogens is 1. The van der Waals surface area contributed by atoms with Gasteiger partial charge in [-0.25, -0.2) is 4.39 Å². The summed E-state index contributed by atoms with van der Waals surface area (Å²) in [6, 6.07) is 9.76. The number of likely N-dealkylation sites (tertiary alicyclic amines) is 1. The van der Waals surface area contributed by atoms with Gasteiger partial charge in [-0.1, -0.05) is 30.3 Å². The van der Waals surface area contributed by atoms with Crippen LogP contribution in [0.5, 0.6) is 0 Å². The summed E-state index contributed by atoms with van der Waals surface area (Å²) >= 11 is 0. The molecule has 23 heavy (non-hydrogen) atoms. The van der Waals surface area contributed by atoms with E-state index in [1.54, 1.807) is 11.8 Å². The third-order valence-electron chi connectivity index (χ3n) is 5.07. The van der Waals surface area contributed by atoms with Crippen LogP contribution in [-0.4, -0.2) is 36.1 Å². The summed E-state index contributed by atoms with van der Waals surface area (Å²) in [6.45, 7) is 3.07. The van der Waals surface area contributed by atoms with E-state index in [0.29, 0.717) is 19.5 Å². The number of benzene rings is 1. The first-order chi connectivity index (χ1) is 11.0. The van der Waals surface area contributed by atoms with Crippen molar-refractivity contribution in [3.05, 3.63) is 35.9 Å². The standard InChI is InChI=1S/C18H22FNO3/c1-2-23-17(22)18(9-15(19)10-18)14-8-16(21)20(12-14)11-13-6-4-3-5-7-13/h3-7,14-15H,2,8-12H2,1H3. The molecule has 0 spiro atoms. The first-order valence-electron chi connectivity index (χ1n) is 8.18. The van der Waals surface area contributed by atoms with Gasteiger partial charge in [0.05, 0.1) is 12.0 Å². The number of amides is 1. The molecular formula is C18H22FNO3. The molecule has 1 aromatic carbocycles. The summed E-state index contributed by atoms with van der Waals surface area (Å²) in [5.74, 6) is -0.456. The number of hydrogen-bond donors (Lipinski definition) is 0. The lowest BCUT2D eigenvalue weighted by Crippen LogP contribution is -2.52. The van der Waals surface area contributed by atoms with Crippen molar-refractivity contribution in [3.63, 3.8) is 0 Å². The van der Waals surface area contributed by atoms with Crippen LogP contribution < -0.4 is 0 Å².